The molecule has 15 heavy (non-hydrogen) atoms. The van der Waals surface area contributed by atoms with Gasteiger partial charge >= 0.3 is 0 Å². The van der Waals surface area contributed by atoms with Gasteiger partial charge in [-0.05, 0) is 0 Å². The fourth-order valence-electron chi connectivity index (χ4n) is 0.505. The number of hydrogen-bond donors (Lipinski definition) is 0. The molecule has 0 bridgehead atoms. The molecule has 0 rings (SSSR count). The van der Waals surface area contributed by atoms with Crippen molar-refractivity contribution in [2.24, 2.45) is 0 Å². The van der Waals surface area contributed by atoms with E-state index in [2.05, 4.69) is 9.05 Å². The average molecular weight is 245 g/mol. The summed E-state index contributed by atoms with van der Waals surface area (Å²) >= 11 is 0. The van der Waals surface area contributed by atoms with Crippen LogP contribution in [0.15, 0.2) is 0 Å². The maximum absolute atomic E-state index is 10.6. The number of ether oxygens (including phenoxy) is 2. The van der Waals surface area contributed by atoms with Gasteiger partial charge in [-0.15, -0.1) is 0 Å². The smallest absolute Gasteiger partial charge is 0.267 e. The number of rotatable bonds is 8. The van der Waals surface area contributed by atoms with E-state index in [-0.39, 0.29) is 28.1 Å². The molecule has 0 N–H and O–H groups in total. The molecule has 0 heterocycles. The molecule has 0 spiro atoms. The molecule has 0 aromatic carbocycles. The van der Waals surface area contributed by atoms with E-state index in [1.165, 1.54) is 0 Å². The van der Waals surface area contributed by atoms with Crippen LogP contribution in [-0.4, -0.2) is 40.6 Å². The van der Waals surface area contributed by atoms with E-state index >= 15 is 0 Å². The highest BCUT2D eigenvalue weighted by Gasteiger charge is 2.04. The van der Waals surface area contributed by atoms with Gasteiger partial charge in [-0.25, -0.2) is 0 Å². The first kappa shape index (κ1) is 20.4. The van der Waals surface area contributed by atoms with Crippen LogP contribution in [0.5, 0.6) is 0 Å². The zero-order valence-electron chi connectivity index (χ0n) is 7.73. The molecule has 0 aliphatic carbocycles. The van der Waals surface area contributed by atoms with Gasteiger partial charge in [0.15, 0.2) is 0 Å². The molecule has 0 aliphatic rings. The summed E-state index contributed by atoms with van der Waals surface area (Å²) in [4.78, 5) is 10.6. The van der Waals surface area contributed by atoms with Crippen LogP contribution in [0.1, 0.15) is 14.9 Å². The maximum atomic E-state index is 10.6. The number of methoxy groups -OCH3 is 1. The second kappa shape index (κ2) is 12.1. The monoisotopic (exact) mass is 245 g/mol. The van der Waals surface area contributed by atoms with Crippen molar-refractivity contribution in [1.29, 1.82) is 0 Å². The van der Waals surface area contributed by atoms with Crippen LogP contribution >= 0.6 is 7.82 Å². The largest absolute Gasteiger partial charge is 0.756 e. The van der Waals surface area contributed by atoms with E-state index < -0.39 is 7.82 Å². The topological polar surface area (TPSA) is 77.1 Å². The quantitative estimate of drug-likeness (QED) is 0.470. The average Bonchev–Trinajstić information content (AvgIpc) is 2.11. The van der Waals surface area contributed by atoms with Gasteiger partial charge in [0.1, 0.15) is 0 Å². The Morgan fingerprint density at radius 3 is 2.07 bits per heavy atom. The van der Waals surface area contributed by atoms with Gasteiger partial charge in [0.2, 0.25) is 0 Å². The molecule has 0 aliphatic heterocycles. The lowest BCUT2D eigenvalue weighted by molar-refractivity contribution is -0.223. The molecule has 0 radical (unpaired) electrons. The van der Waals surface area contributed by atoms with Crippen molar-refractivity contribution in [3.63, 3.8) is 0 Å². The Labute approximate surface area is 92.1 Å². The highest BCUT2D eigenvalue weighted by molar-refractivity contribution is 7.45. The molecule has 0 fully saturated rings. The minimum absolute atomic E-state index is 0. The third kappa shape index (κ3) is 14.0. The molecule has 0 aromatic rings. The molecule has 0 aromatic heterocycles. The molecular weight excluding hydrogens is 223 g/mol. The standard InChI is InChI=1S/C6H15O6P.2CH4/c1-9-3-4-11-5-6-12-13(7,8)10-2;;/h3-6H2,1-2H3,(H,7,8);2*1H4/p-1. The zero-order chi connectivity index (χ0) is 10.2. The van der Waals surface area contributed by atoms with Gasteiger partial charge in [-0.3, -0.25) is 4.57 Å². The van der Waals surface area contributed by atoms with Crippen LogP contribution in [0.25, 0.3) is 0 Å². The predicted octanol–water partition coefficient (Wildman–Crippen LogP) is 1.05. The normalized spacial score (nSPS) is 13.5. The van der Waals surface area contributed by atoms with Crippen LogP contribution in [0, 0.1) is 0 Å². The van der Waals surface area contributed by atoms with Gasteiger partial charge in [0, 0.05) is 14.2 Å². The van der Waals surface area contributed by atoms with E-state index in [9.17, 15) is 9.46 Å². The summed E-state index contributed by atoms with van der Waals surface area (Å²) in [6.07, 6.45) is 0. The Kier molecular flexibility index (Phi) is 16.5. The zero-order valence-corrected chi connectivity index (χ0v) is 8.62. The van der Waals surface area contributed by atoms with Crippen molar-refractivity contribution in [2.45, 2.75) is 14.9 Å². The van der Waals surface area contributed by atoms with E-state index in [0.717, 1.165) is 7.11 Å². The summed E-state index contributed by atoms with van der Waals surface area (Å²) in [5.41, 5.74) is 0. The molecule has 0 saturated heterocycles. The van der Waals surface area contributed by atoms with Crippen molar-refractivity contribution < 1.29 is 28.0 Å². The van der Waals surface area contributed by atoms with Crippen LogP contribution in [0.4, 0.5) is 0 Å². The van der Waals surface area contributed by atoms with E-state index in [1.807, 2.05) is 0 Å². The molecule has 1 atom stereocenters. The first-order valence-electron chi connectivity index (χ1n) is 3.70. The Morgan fingerprint density at radius 2 is 1.60 bits per heavy atom. The molecule has 7 heteroatoms. The van der Waals surface area contributed by atoms with Gasteiger partial charge in [-0.1, -0.05) is 14.9 Å². The molecule has 0 amide bonds. The molecule has 6 nitrogen and oxygen atoms in total. The lowest BCUT2D eigenvalue weighted by Gasteiger charge is -2.19. The summed E-state index contributed by atoms with van der Waals surface area (Å²) < 4.78 is 28.7. The Balaban J connectivity index is -0.000000720. The molecule has 1 unspecified atom stereocenters. The van der Waals surface area contributed by atoms with Gasteiger partial charge < -0.3 is 23.4 Å². The van der Waals surface area contributed by atoms with Crippen molar-refractivity contribution in [3.05, 3.63) is 0 Å². The Morgan fingerprint density at radius 1 is 1.07 bits per heavy atom. The van der Waals surface area contributed by atoms with Crippen molar-refractivity contribution in [2.75, 3.05) is 40.6 Å². The first-order valence-corrected chi connectivity index (χ1v) is 5.16. The van der Waals surface area contributed by atoms with E-state index in [0.29, 0.717) is 13.2 Å². The second-order valence-electron chi connectivity index (χ2n) is 2.07. The molecular formula is C8H22O6P-. The second-order valence-corrected chi connectivity index (χ2v) is 3.59. The van der Waals surface area contributed by atoms with E-state index in [1.54, 1.807) is 7.11 Å². The molecule has 0 saturated carbocycles. The lowest BCUT2D eigenvalue weighted by Crippen LogP contribution is -2.12. The fraction of sp³-hybridized carbons (Fsp3) is 1.00. The van der Waals surface area contributed by atoms with E-state index in [4.69, 9.17) is 9.47 Å². The minimum atomic E-state index is -4.09. The summed E-state index contributed by atoms with van der Waals surface area (Å²) in [6.45, 7) is 1.03. The Bertz CT molecular complexity index is 163. The van der Waals surface area contributed by atoms with Crippen molar-refractivity contribution in [1.82, 2.24) is 0 Å². The third-order valence-electron chi connectivity index (χ3n) is 1.13. The van der Waals surface area contributed by atoms with Gasteiger partial charge in [-0.2, -0.15) is 0 Å². The maximum Gasteiger partial charge on any atom is 0.267 e. The van der Waals surface area contributed by atoms with Crippen molar-refractivity contribution >= 4 is 7.82 Å². The van der Waals surface area contributed by atoms with Crippen LogP contribution in [-0.2, 0) is 23.1 Å². The first-order chi connectivity index (χ1) is 6.12. The predicted molar refractivity (Wildman–Crippen MR) is 56.7 cm³/mol. The SMILES string of the molecule is C.C.COCCOCCOP(=O)([O-])OC. The number of phosphoric ester groups is 1. The van der Waals surface area contributed by atoms with Crippen LogP contribution < -0.4 is 4.89 Å². The summed E-state index contributed by atoms with van der Waals surface area (Å²) in [7, 11) is -1.50. The number of phosphoric acid groups is 1. The van der Waals surface area contributed by atoms with Crippen LogP contribution in [0.2, 0.25) is 0 Å². The van der Waals surface area contributed by atoms with Crippen molar-refractivity contribution in [3.8, 4) is 0 Å². The van der Waals surface area contributed by atoms with Crippen LogP contribution in [0.3, 0.4) is 0 Å². The lowest BCUT2D eigenvalue weighted by atomic mass is 10.7. The fourth-order valence-corrected chi connectivity index (χ4v) is 0.909. The molecule has 96 valence electrons. The Hall–Kier alpha value is 0.0300. The van der Waals surface area contributed by atoms with Gasteiger partial charge in [0.05, 0.1) is 26.4 Å². The highest BCUT2D eigenvalue weighted by Crippen LogP contribution is 2.36. The number of hydrogen-bond acceptors (Lipinski definition) is 6. The summed E-state index contributed by atoms with van der Waals surface area (Å²) in [6, 6.07) is 0. The minimum Gasteiger partial charge on any atom is -0.756 e. The highest BCUT2D eigenvalue weighted by atomic mass is 31.2. The third-order valence-corrected chi connectivity index (χ3v) is 2.08. The van der Waals surface area contributed by atoms with Gasteiger partial charge in [0.25, 0.3) is 7.82 Å². The summed E-state index contributed by atoms with van der Waals surface area (Å²) in [5, 5.41) is 0. The summed E-state index contributed by atoms with van der Waals surface area (Å²) in [5.74, 6) is 0.